The highest BCUT2D eigenvalue weighted by Crippen LogP contribution is 2.19. The number of carbonyl (C=O) groups is 2. The van der Waals surface area contributed by atoms with E-state index in [0.29, 0.717) is 23.0 Å². The van der Waals surface area contributed by atoms with Gasteiger partial charge < -0.3 is 15.3 Å². The van der Waals surface area contributed by atoms with Crippen molar-refractivity contribution >= 4 is 29.3 Å². The first kappa shape index (κ1) is 14.7. The standard InChI is InChI=1S/C14H18N2O3S/c1-16-7-2-3-11(16)9-15-14(19)13-10(6-8-20-13)4-5-12(17)18/h4-6,8,11H,2-3,7,9H2,1H3,(H,15,19)(H,17,18)/b5-4+. The molecule has 1 aromatic rings. The molecule has 6 heteroatoms. The zero-order chi connectivity index (χ0) is 14.5. The number of likely N-dealkylation sites (tertiary alicyclic amines) is 1. The van der Waals surface area contributed by atoms with Crippen LogP contribution in [0.5, 0.6) is 0 Å². The normalized spacial score (nSPS) is 19.6. The predicted octanol–water partition coefficient (Wildman–Crippen LogP) is 1.67. The summed E-state index contributed by atoms with van der Waals surface area (Å²) in [7, 11) is 2.07. The Morgan fingerprint density at radius 2 is 2.40 bits per heavy atom. The summed E-state index contributed by atoms with van der Waals surface area (Å²) in [6, 6.07) is 2.15. The van der Waals surface area contributed by atoms with Gasteiger partial charge in [-0.05, 0) is 49.5 Å². The fourth-order valence-corrected chi connectivity index (χ4v) is 3.13. The van der Waals surface area contributed by atoms with Crippen LogP contribution in [0, 0.1) is 0 Å². The molecule has 1 saturated heterocycles. The molecule has 1 amide bonds. The first-order valence-electron chi connectivity index (χ1n) is 6.55. The molecule has 2 N–H and O–H groups in total. The first-order chi connectivity index (χ1) is 9.58. The lowest BCUT2D eigenvalue weighted by atomic mass is 10.2. The van der Waals surface area contributed by atoms with Gasteiger partial charge in [0.1, 0.15) is 0 Å². The zero-order valence-corrected chi connectivity index (χ0v) is 12.2. The number of likely N-dealkylation sites (N-methyl/N-ethyl adjacent to an activating group) is 1. The lowest BCUT2D eigenvalue weighted by Gasteiger charge is -2.19. The van der Waals surface area contributed by atoms with Gasteiger partial charge >= 0.3 is 5.97 Å². The Hall–Kier alpha value is -1.66. The Morgan fingerprint density at radius 3 is 3.05 bits per heavy atom. The van der Waals surface area contributed by atoms with Crippen LogP contribution in [0.25, 0.3) is 6.08 Å². The molecule has 2 rings (SSSR count). The summed E-state index contributed by atoms with van der Waals surface area (Å²) in [5.41, 5.74) is 0.648. The van der Waals surface area contributed by atoms with Crippen molar-refractivity contribution in [3.8, 4) is 0 Å². The highest BCUT2D eigenvalue weighted by molar-refractivity contribution is 7.12. The summed E-state index contributed by atoms with van der Waals surface area (Å²) in [5.74, 6) is -1.15. The number of rotatable bonds is 5. The molecule has 0 spiro atoms. The van der Waals surface area contributed by atoms with Gasteiger partial charge in [0.05, 0.1) is 4.88 Å². The molecule has 0 saturated carbocycles. The van der Waals surface area contributed by atoms with E-state index < -0.39 is 5.97 Å². The molecule has 0 aliphatic carbocycles. The number of hydrogen-bond acceptors (Lipinski definition) is 4. The van der Waals surface area contributed by atoms with Crippen LogP contribution in [-0.2, 0) is 4.79 Å². The molecular weight excluding hydrogens is 276 g/mol. The number of carboxylic acids is 1. The molecular formula is C14H18N2O3S. The number of carbonyl (C=O) groups excluding carboxylic acids is 1. The molecule has 1 aromatic heterocycles. The fraction of sp³-hybridized carbons (Fsp3) is 0.429. The van der Waals surface area contributed by atoms with Crippen LogP contribution in [0.15, 0.2) is 17.5 Å². The third kappa shape index (κ3) is 3.68. The van der Waals surface area contributed by atoms with Gasteiger partial charge in [-0.15, -0.1) is 11.3 Å². The summed E-state index contributed by atoms with van der Waals surface area (Å²) < 4.78 is 0. The van der Waals surface area contributed by atoms with Gasteiger partial charge in [-0.3, -0.25) is 4.79 Å². The van der Waals surface area contributed by atoms with E-state index in [1.54, 1.807) is 11.4 Å². The molecule has 5 nitrogen and oxygen atoms in total. The maximum Gasteiger partial charge on any atom is 0.328 e. The SMILES string of the molecule is CN1CCCC1CNC(=O)c1sccc1/C=C/C(=O)O. The molecule has 1 aliphatic heterocycles. The third-order valence-electron chi connectivity index (χ3n) is 3.48. The monoisotopic (exact) mass is 294 g/mol. The second-order valence-electron chi connectivity index (χ2n) is 4.86. The van der Waals surface area contributed by atoms with Crippen LogP contribution in [0.3, 0.4) is 0 Å². The van der Waals surface area contributed by atoms with Gasteiger partial charge in [0.2, 0.25) is 0 Å². The minimum absolute atomic E-state index is 0.134. The van der Waals surface area contributed by atoms with Gasteiger partial charge in [0, 0.05) is 18.7 Å². The lowest BCUT2D eigenvalue weighted by molar-refractivity contribution is -0.131. The number of amides is 1. The van der Waals surface area contributed by atoms with E-state index in [4.69, 9.17) is 5.11 Å². The summed E-state index contributed by atoms with van der Waals surface area (Å²) in [6.07, 6.45) is 4.77. The Bertz CT molecular complexity index is 524. The first-order valence-corrected chi connectivity index (χ1v) is 7.43. The molecule has 1 fully saturated rings. The summed E-state index contributed by atoms with van der Waals surface area (Å²) in [6.45, 7) is 1.71. The van der Waals surface area contributed by atoms with Gasteiger partial charge in [0.15, 0.2) is 0 Å². The Morgan fingerprint density at radius 1 is 1.60 bits per heavy atom. The molecule has 1 unspecified atom stereocenters. The fourth-order valence-electron chi connectivity index (χ4n) is 2.32. The maximum absolute atomic E-state index is 12.1. The second-order valence-corrected chi connectivity index (χ2v) is 5.78. The zero-order valence-electron chi connectivity index (χ0n) is 11.3. The van der Waals surface area contributed by atoms with Gasteiger partial charge in [-0.2, -0.15) is 0 Å². The Balaban J connectivity index is 1.95. The minimum atomic E-state index is -1.02. The Kier molecular flexibility index (Phi) is 4.92. The molecule has 0 bridgehead atoms. The smallest absolute Gasteiger partial charge is 0.328 e. The molecule has 20 heavy (non-hydrogen) atoms. The van der Waals surface area contributed by atoms with E-state index in [1.807, 2.05) is 0 Å². The van der Waals surface area contributed by atoms with Gasteiger partial charge in [-0.1, -0.05) is 0 Å². The number of carboxylic acid groups (broad SMARTS) is 1. The minimum Gasteiger partial charge on any atom is -0.478 e. The lowest BCUT2D eigenvalue weighted by Crippen LogP contribution is -2.38. The van der Waals surface area contributed by atoms with Crippen LogP contribution < -0.4 is 5.32 Å². The number of nitrogens with one attached hydrogen (secondary N) is 1. The third-order valence-corrected chi connectivity index (χ3v) is 4.41. The van der Waals surface area contributed by atoms with Crippen molar-refractivity contribution in [2.45, 2.75) is 18.9 Å². The van der Waals surface area contributed by atoms with Crippen molar-refractivity contribution in [2.24, 2.45) is 0 Å². The topological polar surface area (TPSA) is 69.6 Å². The Labute approximate surface area is 121 Å². The van der Waals surface area contributed by atoms with Crippen LogP contribution in [0.1, 0.15) is 28.1 Å². The average Bonchev–Trinajstić information content (AvgIpc) is 3.02. The van der Waals surface area contributed by atoms with E-state index in [0.717, 1.165) is 19.0 Å². The van der Waals surface area contributed by atoms with Crippen molar-refractivity contribution in [2.75, 3.05) is 20.1 Å². The van der Waals surface area contributed by atoms with Crippen molar-refractivity contribution < 1.29 is 14.7 Å². The summed E-state index contributed by atoms with van der Waals surface area (Å²) in [4.78, 5) is 25.5. The predicted molar refractivity (Wildman–Crippen MR) is 79.0 cm³/mol. The molecule has 1 atom stereocenters. The highest BCUT2D eigenvalue weighted by Gasteiger charge is 2.22. The molecule has 108 valence electrons. The highest BCUT2D eigenvalue weighted by atomic mass is 32.1. The quantitative estimate of drug-likeness (QED) is 0.811. The summed E-state index contributed by atoms with van der Waals surface area (Å²) in [5, 5.41) is 13.4. The van der Waals surface area contributed by atoms with Crippen molar-refractivity contribution in [3.63, 3.8) is 0 Å². The van der Waals surface area contributed by atoms with E-state index in [9.17, 15) is 9.59 Å². The van der Waals surface area contributed by atoms with Gasteiger partial charge in [-0.25, -0.2) is 4.79 Å². The summed E-state index contributed by atoms with van der Waals surface area (Å²) >= 11 is 1.32. The molecule has 0 aromatic carbocycles. The van der Waals surface area contributed by atoms with Crippen LogP contribution in [0.2, 0.25) is 0 Å². The van der Waals surface area contributed by atoms with E-state index >= 15 is 0 Å². The maximum atomic E-state index is 12.1. The van der Waals surface area contributed by atoms with Crippen LogP contribution in [-0.4, -0.2) is 48.1 Å². The van der Waals surface area contributed by atoms with Gasteiger partial charge in [0.25, 0.3) is 5.91 Å². The van der Waals surface area contributed by atoms with Crippen molar-refractivity contribution in [1.29, 1.82) is 0 Å². The molecule has 1 aliphatic rings. The van der Waals surface area contributed by atoms with E-state index in [1.165, 1.54) is 23.8 Å². The second kappa shape index (κ2) is 6.67. The number of nitrogens with zero attached hydrogens (tertiary/aromatic N) is 1. The molecule has 0 radical (unpaired) electrons. The number of thiophene rings is 1. The largest absolute Gasteiger partial charge is 0.478 e. The number of hydrogen-bond donors (Lipinski definition) is 2. The van der Waals surface area contributed by atoms with Crippen molar-refractivity contribution in [1.82, 2.24) is 10.2 Å². The molecule has 2 heterocycles. The average molecular weight is 294 g/mol. The van der Waals surface area contributed by atoms with Crippen LogP contribution >= 0.6 is 11.3 Å². The van der Waals surface area contributed by atoms with E-state index in [-0.39, 0.29) is 5.91 Å². The van der Waals surface area contributed by atoms with Crippen LogP contribution in [0.4, 0.5) is 0 Å². The number of aliphatic carboxylic acids is 1. The van der Waals surface area contributed by atoms with E-state index in [2.05, 4.69) is 17.3 Å². The van der Waals surface area contributed by atoms with Crippen molar-refractivity contribution in [3.05, 3.63) is 28.0 Å².